The third-order valence-corrected chi connectivity index (χ3v) is 4.60. The Labute approximate surface area is 161 Å². The average molecular weight is 421 g/mol. The third kappa shape index (κ3) is 4.52. The highest BCUT2D eigenvalue weighted by atomic mass is 19.4. The van der Waals surface area contributed by atoms with E-state index in [0.717, 1.165) is 4.57 Å². The molecule has 12 heteroatoms. The van der Waals surface area contributed by atoms with E-state index in [1.807, 2.05) is 0 Å². The van der Waals surface area contributed by atoms with E-state index in [2.05, 4.69) is 10.2 Å². The summed E-state index contributed by atoms with van der Waals surface area (Å²) in [4.78, 5) is 13.8. The van der Waals surface area contributed by atoms with Gasteiger partial charge in [-0.05, 0) is 25.0 Å². The van der Waals surface area contributed by atoms with E-state index in [9.17, 15) is 31.1 Å². The van der Waals surface area contributed by atoms with Crippen LogP contribution in [0.5, 0.6) is 0 Å². The zero-order valence-corrected chi connectivity index (χ0v) is 15.2. The van der Waals surface area contributed by atoms with E-state index in [4.69, 9.17) is 5.73 Å². The number of rotatable bonds is 4. The van der Waals surface area contributed by atoms with Gasteiger partial charge in [-0.25, -0.2) is 13.2 Å². The van der Waals surface area contributed by atoms with Crippen molar-refractivity contribution in [2.24, 2.45) is 5.73 Å². The molecule has 0 spiro atoms. The predicted octanol–water partition coefficient (Wildman–Crippen LogP) is 2.41. The number of aromatic nitrogens is 3. The van der Waals surface area contributed by atoms with Gasteiger partial charge in [-0.1, -0.05) is 0 Å². The molecule has 3 rings (SSSR count). The van der Waals surface area contributed by atoms with Crippen LogP contribution in [0.4, 0.5) is 26.3 Å². The molecule has 0 saturated heterocycles. The van der Waals surface area contributed by atoms with Gasteiger partial charge in [0.25, 0.3) is 0 Å². The van der Waals surface area contributed by atoms with Crippen molar-refractivity contribution in [3.8, 4) is 0 Å². The number of nitrogens with two attached hydrogens (primary N) is 1. The lowest BCUT2D eigenvalue weighted by molar-refractivity contribution is -0.148. The molecule has 1 atom stereocenters. The average Bonchev–Trinajstić information content (AvgIpc) is 3.02. The first kappa shape index (κ1) is 21.1. The van der Waals surface area contributed by atoms with E-state index in [-0.39, 0.29) is 43.9 Å². The number of hydrogen-bond donors (Lipinski definition) is 1. The molecule has 1 amide bonds. The summed E-state index contributed by atoms with van der Waals surface area (Å²) in [6.45, 7) is 1.11. The van der Waals surface area contributed by atoms with Gasteiger partial charge in [0.1, 0.15) is 5.82 Å². The number of halogens is 6. The monoisotopic (exact) mass is 421 g/mol. The minimum absolute atomic E-state index is 0.0113. The molecule has 29 heavy (non-hydrogen) atoms. The minimum atomic E-state index is -4.65. The van der Waals surface area contributed by atoms with Crippen LogP contribution in [0.3, 0.4) is 0 Å². The van der Waals surface area contributed by atoms with Crippen LogP contribution >= 0.6 is 0 Å². The summed E-state index contributed by atoms with van der Waals surface area (Å²) in [6, 6.07) is 1.08. The topological polar surface area (TPSA) is 77.0 Å². The quantitative estimate of drug-likeness (QED) is 0.608. The van der Waals surface area contributed by atoms with E-state index < -0.39 is 40.9 Å². The molecule has 0 bridgehead atoms. The Morgan fingerprint density at radius 1 is 1.10 bits per heavy atom. The Morgan fingerprint density at radius 2 is 1.76 bits per heavy atom. The second-order valence-electron chi connectivity index (χ2n) is 7.27. The molecule has 6 nitrogen and oxygen atoms in total. The van der Waals surface area contributed by atoms with E-state index in [1.165, 1.54) is 11.8 Å². The lowest BCUT2D eigenvalue weighted by Gasteiger charge is -2.32. The van der Waals surface area contributed by atoms with Crippen LogP contribution in [0.1, 0.15) is 30.6 Å². The number of benzene rings is 1. The molecule has 158 valence electrons. The van der Waals surface area contributed by atoms with Crippen molar-refractivity contribution in [1.29, 1.82) is 0 Å². The largest absolute Gasteiger partial charge is 0.451 e. The van der Waals surface area contributed by atoms with E-state index in [0.29, 0.717) is 12.1 Å². The highest BCUT2D eigenvalue weighted by Gasteiger charge is 2.40. The molecule has 2 N–H and O–H groups in total. The zero-order chi connectivity index (χ0) is 21.6. The minimum Gasteiger partial charge on any atom is -0.333 e. The van der Waals surface area contributed by atoms with Crippen LogP contribution in [-0.2, 0) is 30.5 Å². The summed E-state index contributed by atoms with van der Waals surface area (Å²) in [5.41, 5.74) is 4.57. The Bertz CT molecular complexity index is 939. The molecule has 1 aromatic heterocycles. The van der Waals surface area contributed by atoms with Crippen LogP contribution in [0.15, 0.2) is 12.1 Å². The Balaban J connectivity index is 1.69. The Hall–Kier alpha value is -2.63. The molecule has 0 saturated carbocycles. The Kier molecular flexibility index (Phi) is 5.32. The third-order valence-electron chi connectivity index (χ3n) is 4.60. The van der Waals surface area contributed by atoms with Gasteiger partial charge in [-0.3, -0.25) is 4.79 Å². The van der Waals surface area contributed by atoms with Gasteiger partial charge in [-0.15, -0.1) is 10.2 Å². The van der Waals surface area contributed by atoms with Crippen LogP contribution in [0, 0.1) is 17.5 Å². The summed E-state index contributed by atoms with van der Waals surface area (Å²) in [5, 5.41) is 6.63. The molecule has 1 aliphatic heterocycles. The molecule has 0 radical (unpaired) electrons. The van der Waals surface area contributed by atoms with Crippen LogP contribution < -0.4 is 5.73 Å². The predicted molar refractivity (Wildman–Crippen MR) is 87.7 cm³/mol. The Morgan fingerprint density at radius 3 is 2.41 bits per heavy atom. The summed E-state index contributed by atoms with van der Waals surface area (Å²) in [5.74, 6) is -5.19. The molecule has 0 unspecified atom stereocenters. The standard InChI is InChI=1S/C17H17F6N5O/c1-16(24,6-9-4-11(19)12(20)5-10(9)18)7-14(29)27-2-3-28-13(8-27)25-26-15(28)17(21,22)23/h4-5H,2-3,6-8,24H2,1H3/t16-/m0/s1. The lowest BCUT2D eigenvalue weighted by Crippen LogP contribution is -2.47. The number of nitrogens with zero attached hydrogens (tertiary/aromatic N) is 4. The molecule has 1 aliphatic rings. The second-order valence-corrected chi connectivity index (χ2v) is 7.27. The first-order chi connectivity index (χ1) is 13.4. The van der Waals surface area contributed by atoms with E-state index >= 15 is 0 Å². The molecule has 2 heterocycles. The molecule has 2 aromatic rings. The summed E-state index contributed by atoms with van der Waals surface area (Å²) >= 11 is 0. The van der Waals surface area contributed by atoms with Gasteiger partial charge in [0.2, 0.25) is 11.7 Å². The van der Waals surface area contributed by atoms with Crippen molar-refractivity contribution < 1.29 is 31.1 Å². The molecule has 1 aromatic carbocycles. The molecular weight excluding hydrogens is 404 g/mol. The lowest BCUT2D eigenvalue weighted by atomic mass is 9.89. The fourth-order valence-corrected chi connectivity index (χ4v) is 3.23. The first-order valence-electron chi connectivity index (χ1n) is 8.57. The number of fused-ring (bicyclic) bond motifs is 1. The van der Waals surface area contributed by atoms with Gasteiger partial charge in [-0.2, -0.15) is 13.2 Å². The van der Waals surface area contributed by atoms with Crippen molar-refractivity contribution in [3.05, 3.63) is 46.8 Å². The molecule has 0 aliphatic carbocycles. The van der Waals surface area contributed by atoms with Gasteiger partial charge >= 0.3 is 6.18 Å². The van der Waals surface area contributed by atoms with Crippen molar-refractivity contribution in [1.82, 2.24) is 19.7 Å². The van der Waals surface area contributed by atoms with E-state index in [1.54, 1.807) is 0 Å². The van der Waals surface area contributed by atoms with Crippen LogP contribution in [0.25, 0.3) is 0 Å². The summed E-state index contributed by atoms with van der Waals surface area (Å²) in [6.07, 6.45) is -5.18. The number of alkyl halides is 3. The van der Waals surface area contributed by atoms with Gasteiger partial charge in [0, 0.05) is 31.1 Å². The second kappa shape index (κ2) is 7.32. The number of amides is 1. The highest BCUT2D eigenvalue weighted by Crippen LogP contribution is 2.30. The maximum absolute atomic E-state index is 13.8. The fraction of sp³-hybridized carbons (Fsp3) is 0.471. The smallest absolute Gasteiger partial charge is 0.333 e. The van der Waals surface area contributed by atoms with Crippen molar-refractivity contribution in [3.63, 3.8) is 0 Å². The first-order valence-corrected chi connectivity index (χ1v) is 8.57. The van der Waals surface area contributed by atoms with Gasteiger partial charge in [0.05, 0.1) is 6.54 Å². The van der Waals surface area contributed by atoms with Crippen molar-refractivity contribution in [2.45, 2.75) is 44.6 Å². The van der Waals surface area contributed by atoms with Crippen LogP contribution in [0.2, 0.25) is 0 Å². The SMILES string of the molecule is C[C@@](N)(CC(=O)N1CCn2c(nnc2C(F)(F)F)C1)Cc1cc(F)c(F)cc1F. The number of carbonyl (C=O) groups is 1. The van der Waals surface area contributed by atoms with Gasteiger partial charge < -0.3 is 15.2 Å². The maximum Gasteiger partial charge on any atom is 0.451 e. The van der Waals surface area contributed by atoms with Crippen molar-refractivity contribution in [2.75, 3.05) is 6.54 Å². The maximum atomic E-state index is 13.8. The molecule has 0 fully saturated rings. The normalized spacial score (nSPS) is 16.5. The van der Waals surface area contributed by atoms with Crippen molar-refractivity contribution >= 4 is 5.91 Å². The van der Waals surface area contributed by atoms with Crippen LogP contribution in [-0.4, -0.2) is 37.7 Å². The van der Waals surface area contributed by atoms with Gasteiger partial charge in [0.15, 0.2) is 17.5 Å². The summed E-state index contributed by atoms with van der Waals surface area (Å²) < 4.78 is 79.8. The zero-order valence-electron chi connectivity index (χ0n) is 15.2. The number of hydrogen-bond acceptors (Lipinski definition) is 4. The fourth-order valence-electron chi connectivity index (χ4n) is 3.23. The summed E-state index contributed by atoms with van der Waals surface area (Å²) in [7, 11) is 0. The molecular formula is C17H17F6N5O. The number of carbonyl (C=O) groups excluding carboxylic acids is 1. The highest BCUT2D eigenvalue weighted by molar-refractivity contribution is 5.77.